The minimum Gasteiger partial charge on any atom is -0.483 e. The first-order valence-electron chi connectivity index (χ1n) is 11.4. The smallest absolute Gasteiger partial charge is 0.260 e. The van der Waals surface area contributed by atoms with Gasteiger partial charge in [-0.15, -0.1) is 0 Å². The molecular formula is C26H34N2O4. The van der Waals surface area contributed by atoms with E-state index in [2.05, 4.69) is 27.7 Å². The van der Waals surface area contributed by atoms with Crippen molar-refractivity contribution in [3.63, 3.8) is 0 Å². The maximum atomic E-state index is 12.6. The van der Waals surface area contributed by atoms with Crippen molar-refractivity contribution >= 4 is 11.8 Å². The predicted molar refractivity (Wildman–Crippen MR) is 125 cm³/mol. The van der Waals surface area contributed by atoms with E-state index in [1.165, 1.54) is 0 Å². The Morgan fingerprint density at radius 1 is 0.688 bits per heavy atom. The van der Waals surface area contributed by atoms with Gasteiger partial charge in [-0.05, 0) is 35.1 Å². The normalized spacial score (nSPS) is 14.1. The molecule has 1 saturated heterocycles. The van der Waals surface area contributed by atoms with E-state index >= 15 is 0 Å². The van der Waals surface area contributed by atoms with E-state index in [4.69, 9.17) is 9.47 Å². The maximum Gasteiger partial charge on any atom is 0.260 e. The molecule has 1 fully saturated rings. The Kier molecular flexibility index (Phi) is 8.14. The zero-order valence-corrected chi connectivity index (χ0v) is 19.5. The number of rotatable bonds is 8. The fourth-order valence-corrected chi connectivity index (χ4v) is 3.84. The molecule has 2 amide bonds. The molecule has 0 bridgehead atoms. The predicted octanol–water partition coefficient (Wildman–Crippen LogP) is 4.06. The fourth-order valence-electron chi connectivity index (χ4n) is 3.84. The second-order valence-electron chi connectivity index (χ2n) is 8.72. The van der Waals surface area contributed by atoms with Crippen LogP contribution in [0, 0.1) is 0 Å². The summed E-state index contributed by atoms with van der Waals surface area (Å²) in [6.07, 6.45) is 0. The summed E-state index contributed by atoms with van der Waals surface area (Å²) in [6, 6.07) is 15.6. The molecule has 1 heterocycles. The van der Waals surface area contributed by atoms with Crippen LogP contribution in [0.15, 0.2) is 48.5 Å². The van der Waals surface area contributed by atoms with Crippen molar-refractivity contribution in [3.05, 3.63) is 59.7 Å². The Morgan fingerprint density at radius 2 is 1.03 bits per heavy atom. The zero-order chi connectivity index (χ0) is 23.1. The second kappa shape index (κ2) is 11.0. The molecule has 2 aromatic rings. The number of carbonyl (C=O) groups is 2. The molecule has 0 aromatic heterocycles. The molecular weight excluding hydrogens is 404 g/mol. The largest absolute Gasteiger partial charge is 0.483 e. The minimum absolute atomic E-state index is 0.00672. The van der Waals surface area contributed by atoms with Crippen molar-refractivity contribution in [2.75, 3.05) is 39.4 Å². The van der Waals surface area contributed by atoms with E-state index in [1.807, 2.05) is 48.5 Å². The highest BCUT2D eigenvalue weighted by molar-refractivity contribution is 5.80. The molecule has 0 N–H and O–H groups in total. The van der Waals surface area contributed by atoms with Crippen molar-refractivity contribution in [1.82, 2.24) is 9.80 Å². The van der Waals surface area contributed by atoms with Crippen LogP contribution < -0.4 is 9.47 Å². The Morgan fingerprint density at radius 3 is 1.38 bits per heavy atom. The van der Waals surface area contributed by atoms with Gasteiger partial charge in [-0.3, -0.25) is 9.59 Å². The van der Waals surface area contributed by atoms with Crippen molar-refractivity contribution in [2.45, 2.75) is 39.5 Å². The number of carbonyl (C=O) groups excluding carboxylic acids is 2. The summed E-state index contributed by atoms with van der Waals surface area (Å²) in [4.78, 5) is 28.7. The van der Waals surface area contributed by atoms with E-state index < -0.39 is 0 Å². The van der Waals surface area contributed by atoms with Crippen LogP contribution >= 0.6 is 0 Å². The van der Waals surface area contributed by atoms with E-state index in [0.717, 1.165) is 22.6 Å². The highest BCUT2D eigenvalue weighted by Gasteiger charge is 2.25. The Bertz CT molecular complexity index is 842. The molecule has 0 aliphatic carbocycles. The molecule has 0 atom stereocenters. The maximum absolute atomic E-state index is 12.6. The monoisotopic (exact) mass is 438 g/mol. The van der Waals surface area contributed by atoms with Gasteiger partial charge in [-0.25, -0.2) is 0 Å². The number of benzene rings is 2. The van der Waals surface area contributed by atoms with Gasteiger partial charge in [-0.1, -0.05) is 64.1 Å². The van der Waals surface area contributed by atoms with Gasteiger partial charge in [0.2, 0.25) is 0 Å². The molecule has 0 spiro atoms. The number of hydrogen-bond donors (Lipinski definition) is 0. The van der Waals surface area contributed by atoms with Gasteiger partial charge in [0.15, 0.2) is 13.2 Å². The Hall–Kier alpha value is -3.02. The van der Waals surface area contributed by atoms with E-state index in [1.54, 1.807) is 9.80 Å². The van der Waals surface area contributed by atoms with Crippen molar-refractivity contribution in [1.29, 1.82) is 0 Å². The molecule has 172 valence electrons. The van der Waals surface area contributed by atoms with Crippen LogP contribution in [0.1, 0.15) is 50.7 Å². The molecule has 0 saturated carbocycles. The van der Waals surface area contributed by atoms with Crippen LogP contribution in [-0.2, 0) is 9.59 Å². The molecule has 6 nitrogen and oxygen atoms in total. The van der Waals surface area contributed by atoms with Gasteiger partial charge in [0.25, 0.3) is 11.8 Å². The minimum atomic E-state index is -0.0576. The fraction of sp³-hybridized carbons (Fsp3) is 0.462. The van der Waals surface area contributed by atoms with Gasteiger partial charge in [0, 0.05) is 26.2 Å². The summed E-state index contributed by atoms with van der Waals surface area (Å²) in [6.45, 7) is 10.4. The molecule has 1 aliphatic rings. The first-order valence-corrected chi connectivity index (χ1v) is 11.4. The van der Waals surface area contributed by atoms with Gasteiger partial charge in [0.05, 0.1) is 0 Å². The van der Waals surface area contributed by atoms with E-state index in [9.17, 15) is 9.59 Å². The summed E-state index contributed by atoms with van der Waals surface area (Å²) in [5.41, 5.74) is 2.18. The molecule has 0 radical (unpaired) electrons. The Balaban J connectivity index is 1.45. The molecule has 2 aromatic carbocycles. The summed E-state index contributed by atoms with van der Waals surface area (Å²) in [5, 5.41) is 0. The summed E-state index contributed by atoms with van der Waals surface area (Å²) >= 11 is 0. The van der Waals surface area contributed by atoms with Crippen molar-refractivity contribution in [3.8, 4) is 11.5 Å². The third-order valence-electron chi connectivity index (χ3n) is 5.77. The quantitative estimate of drug-likeness (QED) is 0.624. The SMILES string of the molecule is CC(C)c1ccccc1OCC(=O)N1CCN(C(=O)COc2ccccc2C(C)C)CC1. The average molecular weight is 439 g/mol. The summed E-state index contributed by atoms with van der Waals surface area (Å²) in [5.74, 6) is 2.04. The van der Waals surface area contributed by atoms with Gasteiger partial charge >= 0.3 is 0 Å². The third-order valence-corrected chi connectivity index (χ3v) is 5.77. The van der Waals surface area contributed by atoms with Gasteiger partial charge in [-0.2, -0.15) is 0 Å². The number of nitrogens with zero attached hydrogens (tertiary/aromatic N) is 2. The van der Waals surface area contributed by atoms with Crippen LogP contribution in [-0.4, -0.2) is 61.0 Å². The van der Waals surface area contributed by atoms with Gasteiger partial charge < -0.3 is 19.3 Å². The standard InChI is InChI=1S/C26H34N2O4/c1-19(2)21-9-5-7-11-23(21)31-17-25(29)27-13-15-28(16-14-27)26(30)18-32-24-12-8-6-10-22(24)20(3)4/h5-12,19-20H,13-18H2,1-4H3. The molecule has 32 heavy (non-hydrogen) atoms. The van der Waals surface area contributed by atoms with E-state index in [-0.39, 0.29) is 25.0 Å². The Labute approximate surface area is 191 Å². The van der Waals surface area contributed by atoms with Crippen LogP contribution in [0.25, 0.3) is 0 Å². The molecule has 6 heteroatoms. The highest BCUT2D eigenvalue weighted by atomic mass is 16.5. The lowest BCUT2D eigenvalue weighted by atomic mass is 10.0. The second-order valence-corrected chi connectivity index (χ2v) is 8.72. The molecule has 1 aliphatic heterocycles. The van der Waals surface area contributed by atoms with E-state index in [0.29, 0.717) is 38.0 Å². The number of piperazine rings is 1. The average Bonchev–Trinajstić information content (AvgIpc) is 2.81. The number of amides is 2. The summed E-state index contributed by atoms with van der Waals surface area (Å²) in [7, 11) is 0. The first kappa shape index (κ1) is 23.6. The van der Waals surface area contributed by atoms with Crippen molar-refractivity contribution < 1.29 is 19.1 Å². The van der Waals surface area contributed by atoms with Crippen molar-refractivity contribution in [2.24, 2.45) is 0 Å². The highest BCUT2D eigenvalue weighted by Crippen LogP contribution is 2.27. The van der Waals surface area contributed by atoms with Crippen LogP contribution in [0.5, 0.6) is 11.5 Å². The number of hydrogen-bond acceptors (Lipinski definition) is 4. The van der Waals surface area contributed by atoms with Crippen LogP contribution in [0.3, 0.4) is 0 Å². The lowest BCUT2D eigenvalue weighted by molar-refractivity contribution is -0.141. The molecule has 0 unspecified atom stereocenters. The number of para-hydroxylation sites is 2. The lowest BCUT2D eigenvalue weighted by Gasteiger charge is -2.34. The topological polar surface area (TPSA) is 59.1 Å². The lowest BCUT2D eigenvalue weighted by Crippen LogP contribution is -2.52. The van der Waals surface area contributed by atoms with Crippen LogP contribution in [0.4, 0.5) is 0 Å². The first-order chi connectivity index (χ1) is 15.4. The third kappa shape index (κ3) is 6.02. The molecule has 3 rings (SSSR count). The van der Waals surface area contributed by atoms with Crippen LogP contribution in [0.2, 0.25) is 0 Å². The zero-order valence-electron chi connectivity index (χ0n) is 19.5. The van der Waals surface area contributed by atoms with Gasteiger partial charge in [0.1, 0.15) is 11.5 Å². The summed E-state index contributed by atoms with van der Waals surface area (Å²) < 4.78 is 11.6. The number of ether oxygens (including phenoxy) is 2.